The Balaban J connectivity index is 1.70. The van der Waals surface area contributed by atoms with Gasteiger partial charge in [-0.3, -0.25) is 0 Å². The van der Waals surface area contributed by atoms with E-state index in [1.807, 2.05) is 12.1 Å². The molecule has 1 N–H and O–H groups in total. The van der Waals surface area contributed by atoms with Crippen LogP contribution in [0.15, 0.2) is 42.5 Å². The third-order valence-corrected chi connectivity index (χ3v) is 5.00. The Labute approximate surface area is 148 Å². The molecule has 4 rings (SSSR count). The van der Waals surface area contributed by atoms with Crippen LogP contribution < -0.4 is 10.1 Å². The SMILES string of the molecule is COc1ccc(Cc2nn(-c3ccc(C)c(C)c3)c3c2CCN3)cc1. The van der Waals surface area contributed by atoms with Crippen molar-refractivity contribution in [3.63, 3.8) is 0 Å². The van der Waals surface area contributed by atoms with Gasteiger partial charge in [-0.15, -0.1) is 0 Å². The first-order valence-corrected chi connectivity index (χ1v) is 8.71. The number of ether oxygens (including phenoxy) is 1. The molecule has 0 spiro atoms. The summed E-state index contributed by atoms with van der Waals surface area (Å²) in [5.74, 6) is 2.03. The highest BCUT2D eigenvalue weighted by atomic mass is 16.5. The zero-order valence-electron chi connectivity index (χ0n) is 15.0. The molecule has 0 atom stereocenters. The maximum absolute atomic E-state index is 5.25. The van der Waals surface area contributed by atoms with Crippen LogP contribution in [-0.4, -0.2) is 23.4 Å². The zero-order chi connectivity index (χ0) is 17.4. The normalized spacial score (nSPS) is 12.8. The zero-order valence-corrected chi connectivity index (χ0v) is 15.0. The molecule has 0 fully saturated rings. The van der Waals surface area contributed by atoms with Crippen LogP contribution in [0.5, 0.6) is 5.75 Å². The second-order valence-corrected chi connectivity index (χ2v) is 6.66. The Kier molecular flexibility index (Phi) is 3.96. The molecular weight excluding hydrogens is 310 g/mol. The molecule has 0 unspecified atom stereocenters. The summed E-state index contributed by atoms with van der Waals surface area (Å²) >= 11 is 0. The van der Waals surface area contributed by atoms with Gasteiger partial charge < -0.3 is 10.1 Å². The molecular formula is C21H23N3O. The van der Waals surface area contributed by atoms with Crippen LogP contribution in [0.2, 0.25) is 0 Å². The first-order valence-electron chi connectivity index (χ1n) is 8.71. The molecule has 25 heavy (non-hydrogen) atoms. The second-order valence-electron chi connectivity index (χ2n) is 6.66. The van der Waals surface area contributed by atoms with Crippen LogP contribution in [0, 0.1) is 13.8 Å². The number of aromatic nitrogens is 2. The van der Waals surface area contributed by atoms with E-state index < -0.39 is 0 Å². The van der Waals surface area contributed by atoms with Gasteiger partial charge in [-0.05, 0) is 61.2 Å². The Hall–Kier alpha value is -2.75. The summed E-state index contributed by atoms with van der Waals surface area (Å²) in [6, 6.07) is 14.8. The topological polar surface area (TPSA) is 39.1 Å². The highest BCUT2D eigenvalue weighted by Crippen LogP contribution is 2.30. The summed E-state index contributed by atoms with van der Waals surface area (Å²) < 4.78 is 7.31. The maximum Gasteiger partial charge on any atom is 0.133 e. The largest absolute Gasteiger partial charge is 0.497 e. The van der Waals surface area contributed by atoms with Crippen molar-refractivity contribution in [2.75, 3.05) is 19.0 Å². The predicted octanol–water partition coefficient (Wildman–Crippen LogP) is 4.06. The Bertz CT molecular complexity index is 910. The summed E-state index contributed by atoms with van der Waals surface area (Å²) in [5, 5.41) is 8.44. The van der Waals surface area contributed by atoms with E-state index in [-0.39, 0.29) is 0 Å². The predicted molar refractivity (Wildman–Crippen MR) is 101 cm³/mol. The molecule has 1 aliphatic heterocycles. The van der Waals surface area contributed by atoms with Gasteiger partial charge in [-0.1, -0.05) is 18.2 Å². The van der Waals surface area contributed by atoms with Crippen molar-refractivity contribution in [1.29, 1.82) is 0 Å². The van der Waals surface area contributed by atoms with Crippen LogP contribution >= 0.6 is 0 Å². The molecule has 0 saturated heterocycles. The van der Waals surface area contributed by atoms with Gasteiger partial charge in [0.25, 0.3) is 0 Å². The molecule has 4 nitrogen and oxygen atoms in total. The van der Waals surface area contributed by atoms with E-state index in [4.69, 9.17) is 9.84 Å². The summed E-state index contributed by atoms with van der Waals surface area (Å²) in [7, 11) is 1.69. The third kappa shape index (κ3) is 2.88. The maximum atomic E-state index is 5.25. The molecule has 2 heterocycles. The second kappa shape index (κ2) is 6.28. The monoisotopic (exact) mass is 333 g/mol. The van der Waals surface area contributed by atoms with E-state index in [0.717, 1.165) is 42.3 Å². The van der Waals surface area contributed by atoms with E-state index in [9.17, 15) is 0 Å². The van der Waals surface area contributed by atoms with E-state index in [2.05, 4.69) is 54.2 Å². The molecule has 0 aliphatic carbocycles. The van der Waals surface area contributed by atoms with Crippen molar-refractivity contribution in [1.82, 2.24) is 9.78 Å². The number of hydrogen-bond donors (Lipinski definition) is 1. The van der Waals surface area contributed by atoms with Gasteiger partial charge >= 0.3 is 0 Å². The number of hydrogen-bond acceptors (Lipinski definition) is 3. The lowest BCUT2D eigenvalue weighted by atomic mass is 10.1. The standard InChI is InChI=1S/C21H23N3O/c1-14-4-7-17(12-15(14)2)24-21-19(10-11-22-21)20(23-24)13-16-5-8-18(25-3)9-6-16/h4-9,12,22H,10-11,13H2,1-3H3. The molecule has 128 valence electrons. The third-order valence-electron chi connectivity index (χ3n) is 5.00. The minimum Gasteiger partial charge on any atom is -0.497 e. The Morgan fingerprint density at radius 2 is 1.88 bits per heavy atom. The Morgan fingerprint density at radius 3 is 2.60 bits per heavy atom. The fourth-order valence-corrected chi connectivity index (χ4v) is 3.37. The van der Waals surface area contributed by atoms with Crippen molar-refractivity contribution in [2.45, 2.75) is 26.7 Å². The lowest BCUT2D eigenvalue weighted by molar-refractivity contribution is 0.414. The van der Waals surface area contributed by atoms with Crippen LogP contribution in [-0.2, 0) is 12.8 Å². The highest BCUT2D eigenvalue weighted by Gasteiger charge is 2.23. The summed E-state index contributed by atoms with van der Waals surface area (Å²) in [4.78, 5) is 0. The summed E-state index contributed by atoms with van der Waals surface area (Å²) in [6.45, 7) is 5.27. The average molecular weight is 333 g/mol. The molecule has 0 radical (unpaired) electrons. The fourth-order valence-electron chi connectivity index (χ4n) is 3.37. The van der Waals surface area contributed by atoms with Gasteiger partial charge in [0.2, 0.25) is 0 Å². The van der Waals surface area contributed by atoms with Gasteiger partial charge in [0, 0.05) is 18.5 Å². The first kappa shape index (κ1) is 15.8. The number of nitrogens with one attached hydrogen (secondary N) is 1. The number of anilines is 1. The number of nitrogens with zero attached hydrogens (tertiary/aromatic N) is 2. The van der Waals surface area contributed by atoms with Crippen molar-refractivity contribution < 1.29 is 4.74 Å². The van der Waals surface area contributed by atoms with Gasteiger partial charge in [0.1, 0.15) is 11.6 Å². The van der Waals surface area contributed by atoms with Crippen LogP contribution in [0.3, 0.4) is 0 Å². The lowest BCUT2D eigenvalue weighted by Gasteiger charge is -2.09. The molecule has 0 saturated carbocycles. The number of benzene rings is 2. The van der Waals surface area contributed by atoms with E-state index in [1.165, 1.54) is 22.3 Å². The van der Waals surface area contributed by atoms with Gasteiger partial charge in [-0.25, -0.2) is 4.68 Å². The van der Waals surface area contributed by atoms with Gasteiger partial charge in [0.05, 0.1) is 18.5 Å². The van der Waals surface area contributed by atoms with Crippen molar-refractivity contribution in [3.05, 3.63) is 70.4 Å². The summed E-state index contributed by atoms with van der Waals surface area (Å²) in [6.07, 6.45) is 1.87. The number of methoxy groups -OCH3 is 1. The molecule has 3 aromatic rings. The average Bonchev–Trinajstić information content (AvgIpc) is 3.22. The Morgan fingerprint density at radius 1 is 1.08 bits per heavy atom. The number of rotatable bonds is 4. The smallest absolute Gasteiger partial charge is 0.133 e. The minimum atomic E-state index is 0.839. The van der Waals surface area contributed by atoms with Crippen molar-refractivity contribution >= 4 is 5.82 Å². The fraction of sp³-hybridized carbons (Fsp3) is 0.286. The minimum absolute atomic E-state index is 0.839. The molecule has 1 aliphatic rings. The molecule has 4 heteroatoms. The lowest BCUT2D eigenvalue weighted by Crippen LogP contribution is -2.05. The van der Waals surface area contributed by atoms with E-state index >= 15 is 0 Å². The first-order chi connectivity index (χ1) is 12.2. The van der Waals surface area contributed by atoms with Crippen LogP contribution in [0.1, 0.15) is 27.9 Å². The summed E-state index contributed by atoms with van der Waals surface area (Å²) in [5.41, 5.74) is 7.46. The van der Waals surface area contributed by atoms with Crippen LogP contribution in [0.25, 0.3) is 5.69 Å². The van der Waals surface area contributed by atoms with Crippen LogP contribution in [0.4, 0.5) is 5.82 Å². The van der Waals surface area contributed by atoms with Crippen molar-refractivity contribution in [2.24, 2.45) is 0 Å². The molecule has 0 bridgehead atoms. The van der Waals surface area contributed by atoms with Crippen molar-refractivity contribution in [3.8, 4) is 11.4 Å². The number of fused-ring (bicyclic) bond motifs is 1. The van der Waals surface area contributed by atoms with Gasteiger partial charge in [-0.2, -0.15) is 5.10 Å². The van der Waals surface area contributed by atoms with E-state index in [0.29, 0.717) is 0 Å². The van der Waals surface area contributed by atoms with Gasteiger partial charge in [0.15, 0.2) is 0 Å². The quantitative estimate of drug-likeness (QED) is 0.783. The molecule has 0 amide bonds. The molecule has 2 aromatic carbocycles. The van der Waals surface area contributed by atoms with E-state index in [1.54, 1.807) is 7.11 Å². The highest BCUT2D eigenvalue weighted by molar-refractivity contribution is 5.58. The number of aryl methyl sites for hydroxylation is 2. The molecule has 1 aromatic heterocycles.